The van der Waals surface area contributed by atoms with Crippen molar-refractivity contribution in [1.82, 2.24) is 9.71 Å². The Kier molecular flexibility index (Phi) is 4.63. The highest BCUT2D eigenvalue weighted by Gasteiger charge is 2.50. The van der Waals surface area contributed by atoms with Gasteiger partial charge in [0.05, 0.1) is 6.10 Å². The maximum atomic E-state index is 12.6. The predicted molar refractivity (Wildman–Crippen MR) is 84.8 cm³/mol. The molecule has 1 saturated carbocycles. The van der Waals surface area contributed by atoms with Crippen LogP contribution in [0.4, 0.5) is 5.82 Å². The quantitative estimate of drug-likeness (QED) is 0.819. The first-order valence-corrected chi connectivity index (χ1v) is 8.88. The standard InChI is InChI=1S/C13H20BrN3O3S/c1-13(2)10(6-11(13)20-4)17-21(18,19)9-5-8(14)7-16-12(9)15-3/h5,7,10-11,17H,6H2,1-4H3,(H,15,16). The van der Waals surface area contributed by atoms with Crippen molar-refractivity contribution in [1.29, 1.82) is 0 Å². The number of rotatable bonds is 5. The van der Waals surface area contributed by atoms with Crippen molar-refractivity contribution in [3.05, 3.63) is 16.7 Å². The molecular formula is C13H20BrN3O3S. The van der Waals surface area contributed by atoms with Gasteiger partial charge in [-0.15, -0.1) is 0 Å². The van der Waals surface area contributed by atoms with Gasteiger partial charge in [0.1, 0.15) is 10.7 Å². The third-order valence-corrected chi connectivity index (χ3v) is 6.02. The van der Waals surface area contributed by atoms with Gasteiger partial charge in [-0.3, -0.25) is 0 Å². The smallest absolute Gasteiger partial charge is 0.244 e. The number of hydrogen-bond acceptors (Lipinski definition) is 5. The van der Waals surface area contributed by atoms with Crippen LogP contribution >= 0.6 is 15.9 Å². The number of aromatic nitrogens is 1. The molecule has 0 saturated heterocycles. The van der Waals surface area contributed by atoms with Gasteiger partial charge in [-0.25, -0.2) is 18.1 Å². The Hall–Kier alpha value is -0.700. The summed E-state index contributed by atoms with van der Waals surface area (Å²) in [7, 11) is -0.359. The second kappa shape index (κ2) is 5.83. The minimum absolute atomic E-state index is 0.0644. The molecule has 0 spiro atoms. The second-order valence-corrected chi connectivity index (χ2v) is 8.30. The van der Waals surface area contributed by atoms with Crippen molar-refractivity contribution in [2.75, 3.05) is 19.5 Å². The van der Waals surface area contributed by atoms with Gasteiger partial charge in [0.25, 0.3) is 0 Å². The highest BCUT2D eigenvalue weighted by atomic mass is 79.9. The third kappa shape index (κ3) is 3.08. The van der Waals surface area contributed by atoms with Crippen LogP contribution in [-0.2, 0) is 14.8 Å². The Balaban J connectivity index is 2.26. The van der Waals surface area contributed by atoms with Gasteiger partial charge in [0.2, 0.25) is 10.0 Å². The molecular weight excluding hydrogens is 358 g/mol. The first-order valence-electron chi connectivity index (χ1n) is 6.60. The molecule has 2 rings (SSSR count). The number of pyridine rings is 1. The van der Waals surface area contributed by atoms with E-state index in [4.69, 9.17) is 4.74 Å². The van der Waals surface area contributed by atoms with Crippen LogP contribution in [0, 0.1) is 5.41 Å². The lowest BCUT2D eigenvalue weighted by atomic mass is 9.65. The Morgan fingerprint density at radius 2 is 2.14 bits per heavy atom. The topological polar surface area (TPSA) is 80.3 Å². The number of nitrogens with zero attached hydrogens (tertiary/aromatic N) is 1. The SMILES string of the molecule is CNc1ncc(Br)cc1S(=O)(=O)NC1CC(OC)C1(C)C. The number of nitrogens with one attached hydrogen (secondary N) is 2. The Bertz CT molecular complexity index is 634. The van der Waals surface area contributed by atoms with Crippen molar-refractivity contribution in [3.63, 3.8) is 0 Å². The van der Waals surface area contributed by atoms with Crippen LogP contribution in [0.2, 0.25) is 0 Å². The first-order chi connectivity index (χ1) is 9.72. The Labute approximate surface area is 133 Å². The highest BCUT2D eigenvalue weighted by molar-refractivity contribution is 9.10. The molecule has 6 nitrogen and oxygen atoms in total. The minimum atomic E-state index is -3.65. The number of methoxy groups -OCH3 is 1. The van der Waals surface area contributed by atoms with E-state index in [1.54, 1.807) is 26.4 Å². The summed E-state index contributed by atoms with van der Waals surface area (Å²) in [5.41, 5.74) is -0.235. The molecule has 0 aromatic carbocycles. The van der Waals surface area contributed by atoms with Gasteiger partial charge in [-0.2, -0.15) is 0 Å². The summed E-state index contributed by atoms with van der Waals surface area (Å²) >= 11 is 3.26. The highest BCUT2D eigenvalue weighted by Crippen LogP contribution is 2.43. The molecule has 21 heavy (non-hydrogen) atoms. The zero-order valence-corrected chi connectivity index (χ0v) is 14.9. The fraction of sp³-hybridized carbons (Fsp3) is 0.615. The van der Waals surface area contributed by atoms with Gasteiger partial charge >= 0.3 is 0 Å². The van der Waals surface area contributed by atoms with Crippen LogP contribution < -0.4 is 10.0 Å². The molecule has 8 heteroatoms. The summed E-state index contributed by atoms with van der Waals surface area (Å²) in [5.74, 6) is 0.325. The van der Waals surface area contributed by atoms with Crippen molar-refractivity contribution >= 4 is 31.8 Å². The van der Waals surface area contributed by atoms with Crippen LogP contribution in [0.5, 0.6) is 0 Å². The van der Waals surface area contributed by atoms with Gasteiger partial charge in [0.15, 0.2) is 0 Å². The van der Waals surface area contributed by atoms with Gasteiger partial charge in [-0.1, -0.05) is 13.8 Å². The summed E-state index contributed by atoms with van der Waals surface area (Å²) < 4.78 is 33.9. The fourth-order valence-electron chi connectivity index (χ4n) is 2.55. The van der Waals surface area contributed by atoms with E-state index in [-0.39, 0.29) is 22.5 Å². The minimum Gasteiger partial charge on any atom is -0.381 e. The summed E-state index contributed by atoms with van der Waals surface area (Å²) in [6.45, 7) is 3.99. The molecule has 2 unspecified atom stereocenters. The lowest BCUT2D eigenvalue weighted by Gasteiger charge is -2.50. The van der Waals surface area contributed by atoms with E-state index in [0.29, 0.717) is 16.7 Å². The van der Waals surface area contributed by atoms with Gasteiger partial charge in [0, 0.05) is 36.3 Å². The molecule has 1 aliphatic rings. The molecule has 1 fully saturated rings. The van der Waals surface area contributed by atoms with Crippen LogP contribution in [-0.4, -0.2) is 39.7 Å². The van der Waals surface area contributed by atoms with Crippen molar-refractivity contribution in [3.8, 4) is 0 Å². The first kappa shape index (κ1) is 16.7. The Morgan fingerprint density at radius 3 is 2.67 bits per heavy atom. The largest absolute Gasteiger partial charge is 0.381 e. The molecule has 0 radical (unpaired) electrons. The fourth-order valence-corrected chi connectivity index (χ4v) is 4.63. The average Bonchev–Trinajstić information content (AvgIpc) is 2.43. The van der Waals surface area contributed by atoms with Gasteiger partial charge < -0.3 is 10.1 Å². The van der Waals surface area contributed by atoms with Crippen LogP contribution in [0.3, 0.4) is 0 Å². The van der Waals surface area contributed by atoms with E-state index in [1.807, 2.05) is 13.8 Å². The van der Waals surface area contributed by atoms with Gasteiger partial charge in [-0.05, 0) is 28.4 Å². The van der Waals surface area contributed by atoms with E-state index < -0.39 is 10.0 Å². The Morgan fingerprint density at radius 1 is 1.48 bits per heavy atom. The maximum absolute atomic E-state index is 12.6. The number of halogens is 1. The van der Waals surface area contributed by atoms with E-state index in [1.165, 1.54) is 0 Å². The van der Waals surface area contributed by atoms with Crippen LogP contribution in [0.15, 0.2) is 21.6 Å². The lowest BCUT2D eigenvalue weighted by molar-refractivity contribution is -0.0908. The summed E-state index contributed by atoms with van der Waals surface area (Å²) in [6.07, 6.45) is 2.28. The van der Waals surface area contributed by atoms with E-state index in [2.05, 4.69) is 31.0 Å². The van der Waals surface area contributed by atoms with Crippen molar-refractivity contribution < 1.29 is 13.2 Å². The number of sulfonamides is 1. The molecule has 1 heterocycles. The molecule has 0 amide bonds. The number of hydrogen-bond donors (Lipinski definition) is 2. The number of ether oxygens (including phenoxy) is 1. The molecule has 1 aliphatic carbocycles. The molecule has 2 N–H and O–H groups in total. The average molecular weight is 378 g/mol. The van der Waals surface area contributed by atoms with Crippen LogP contribution in [0.1, 0.15) is 20.3 Å². The maximum Gasteiger partial charge on any atom is 0.244 e. The molecule has 118 valence electrons. The normalized spacial score (nSPS) is 24.4. The molecule has 0 bridgehead atoms. The van der Waals surface area contributed by atoms with Crippen molar-refractivity contribution in [2.24, 2.45) is 5.41 Å². The zero-order chi connectivity index (χ0) is 15.8. The zero-order valence-electron chi connectivity index (χ0n) is 12.5. The summed E-state index contributed by atoms with van der Waals surface area (Å²) in [5, 5.41) is 2.80. The van der Waals surface area contributed by atoms with E-state index in [0.717, 1.165) is 0 Å². The summed E-state index contributed by atoms with van der Waals surface area (Å²) in [4.78, 5) is 4.21. The lowest BCUT2D eigenvalue weighted by Crippen LogP contribution is -2.61. The molecule has 1 aromatic rings. The second-order valence-electron chi connectivity index (χ2n) is 5.71. The van der Waals surface area contributed by atoms with Crippen LogP contribution in [0.25, 0.3) is 0 Å². The molecule has 1 aromatic heterocycles. The molecule has 0 aliphatic heterocycles. The summed E-state index contributed by atoms with van der Waals surface area (Å²) in [6, 6.07) is 1.39. The predicted octanol–water partition coefficient (Wildman–Crippen LogP) is 1.98. The third-order valence-electron chi connectivity index (χ3n) is 4.11. The monoisotopic (exact) mass is 377 g/mol. The number of anilines is 1. The molecule has 2 atom stereocenters. The van der Waals surface area contributed by atoms with E-state index >= 15 is 0 Å². The van der Waals surface area contributed by atoms with Crippen molar-refractivity contribution in [2.45, 2.75) is 37.3 Å². The van der Waals surface area contributed by atoms with E-state index in [9.17, 15) is 8.42 Å².